The molecule has 0 atom stereocenters. The standard InChI is InChI=1S/C23H26N8/c1-15-4-5-18-17(11-26-29-18)19(15)20-16(10-24)21(28-22(27-20)30-7-2-3-8-30)31-9-6-23(14-31)12-25-13-23/h4-5,11,25H,2-3,6-9,12-14H2,1H3,(H,26,29). The van der Waals surface area contributed by atoms with Crippen molar-refractivity contribution in [2.24, 2.45) is 5.41 Å². The summed E-state index contributed by atoms with van der Waals surface area (Å²) in [4.78, 5) is 14.6. The molecular formula is C23H26N8. The first-order valence-corrected chi connectivity index (χ1v) is 11.1. The summed E-state index contributed by atoms with van der Waals surface area (Å²) in [6.45, 7) is 7.98. The van der Waals surface area contributed by atoms with Gasteiger partial charge in [-0.1, -0.05) is 6.07 Å². The van der Waals surface area contributed by atoms with Crippen molar-refractivity contribution in [1.29, 1.82) is 5.26 Å². The van der Waals surface area contributed by atoms with E-state index in [1.807, 2.05) is 12.3 Å². The van der Waals surface area contributed by atoms with Crippen molar-refractivity contribution in [1.82, 2.24) is 25.5 Å². The Balaban J connectivity index is 1.56. The maximum Gasteiger partial charge on any atom is 0.227 e. The van der Waals surface area contributed by atoms with Crippen LogP contribution >= 0.6 is 0 Å². The second-order valence-electron chi connectivity index (χ2n) is 9.24. The van der Waals surface area contributed by atoms with Gasteiger partial charge in [-0.15, -0.1) is 0 Å². The minimum absolute atomic E-state index is 0.326. The second kappa shape index (κ2) is 6.92. The molecule has 158 valence electrons. The largest absolute Gasteiger partial charge is 0.355 e. The van der Waals surface area contributed by atoms with Gasteiger partial charge in [0.2, 0.25) is 5.95 Å². The van der Waals surface area contributed by atoms with Crippen molar-refractivity contribution in [3.05, 3.63) is 29.5 Å². The highest BCUT2D eigenvalue weighted by Gasteiger charge is 2.44. The average molecular weight is 415 g/mol. The maximum atomic E-state index is 10.3. The Morgan fingerprint density at radius 1 is 1.10 bits per heavy atom. The normalized spacial score (nSPS) is 19.9. The number of fused-ring (bicyclic) bond motifs is 1. The number of aromatic nitrogens is 4. The predicted molar refractivity (Wildman–Crippen MR) is 120 cm³/mol. The third-order valence-corrected chi connectivity index (χ3v) is 7.19. The first-order chi connectivity index (χ1) is 15.2. The Hall–Kier alpha value is -3.18. The number of nitrogens with zero attached hydrogens (tertiary/aromatic N) is 6. The Kier molecular flexibility index (Phi) is 4.15. The van der Waals surface area contributed by atoms with E-state index in [2.05, 4.69) is 44.4 Å². The zero-order chi connectivity index (χ0) is 21.0. The molecule has 3 aliphatic rings. The molecule has 3 fully saturated rings. The van der Waals surface area contributed by atoms with E-state index in [4.69, 9.17) is 9.97 Å². The molecule has 2 aromatic heterocycles. The highest BCUT2D eigenvalue weighted by molar-refractivity contribution is 5.97. The van der Waals surface area contributed by atoms with Crippen molar-refractivity contribution < 1.29 is 0 Å². The van der Waals surface area contributed by atoms with E-state index in [0.717, 1.165) is 98.0 Å². The number of benzene rings is 1. The summed E-state index contributed by atoms with van der Waals surface area (Å²) in [5, 5.41) is 22.0. The van der Waals surface area contributed by atoms with Crippen LogP contribution in [0.1, 0.15) is 30.4 Å². The lowest BCUT2D eigenvalue weighted by molar-refractivity contribution is 0.199. The molecule has 5 heterocycles. The predicted octanol–water partition coefficient (Wildman–Crippen LogP) is 2.60. The van der Waals surface area contributed by atoms with Crippen LogP contribution in [0.3, 0.4) is 0 Å². The van der Waals surface area contributed by atoms with Crippen molar-refractivity contribution in [2.45, 2.75) is 26.2 Å². The van der Waals surface area contributed by atoms with Gasteiger partial charge in [-0.2, -0.15) is 15.3 Å². The van der Waals surface area contributed by atoms with E-state index in [-0.39, 0.29) is 0 Å². The molecule has 2 N–H and O–H groups in total. The number of hydrogen-bond acceptors (Lipinski definition) is 7. The SMILES string of the molecule is Cc1ccc2[nH]ncc2c1-c1nc(N2CCCC2)nc(N2CCC3(CNC3)C2)c1C#N. The zero-order valence-electron chi connectivity index (χ0n) is 17.8. The lowest BCUT2D eigenvalue weighted by Crippen LogP contribution is -2.54. The van der Waals surface area contributed by atoms with Gasteiger partial charge in [0.1, 0.15) is 11.6 Å². The molecule has 8 nitrogen and oxygen atoms in total. The van der Waals surface area contributed by atoms with E-state index in [1.165, 1.54) is 0 Å². The van der Waals surface area contributed by atoms with Gasteiger partial charge in [-0.05, 0) is 37.8 Å². The van der Waals surface area contributed by atoms with Gasteiger partial charge in [-0.3, -0.25) is 5.10 Å². The summed E-state index contributed by atoms with van der Waals surface area (Å²) in [6.07, 6.45) is 5.28. The Labute approximate surface area is 181 Å². The second-order valence-corrected chi connectivity index (χ2v) is 9.24. The molecule has 6 rings (SSSR count). The molecule has 3 aromatic rings. The van der Waals surface area contributed by atoms with Crippen LogP contribution in [0.2, 0.25) is 0 Å². The van der Waals surface area contributed by atoms with Gasteiger partial charge in [0.05, 0.1) is 17.4 Å². The van der Waals surface area contributed by atoms with Crippen LogP contribution in [0.4, 0.5) is 11.8 Å². The zero-order valence-corrected chi connectivity index (χ0v) is 17.8. The lowest BCUT2D eigenvalue weighted by Gasteiger charge is -2.39. The van der Waals surface area contributed by atoms with Crippen molar-refractivity contribution in [3.63, 3.8) is 0 Å². The first kappa shape index (κ1) is 18.6. The van der Waals surface area contributed by atoms with Crippen LogP contribution in [0.25, 0.3) is 22.2 Å². The summed E-state index contributed by atoms with van der Waals surface area (Å²) in [5.74, 6) is 1.53. The van der Waals surface area contributed by atoms with Gasteiger partial charge in [0, 0.05) is 55.6 Å². The Morgan fingerprint density at radius 2 is 1.94 bits per heavy atom. The maximum absolute atomic E-state index is 10.3. The summed E-state index contributed by atoms with van der Waals surface area (Å²) >= 11 is 0. The monoisotopic (exact) mass is 414 g/mol. The molecule has 31 heavy (non-hydrogen) atoms. The van der Waals surface area contributed by atoms with Crippen LogP contribution in [0.15, 0.2) is 18.3 Å². The van der Waals surface area contributed by atoms with Crippen LogP contribution in [0.5, 0.6) is 0 Å². The fourth-order valence-corrected chi connectivity index (χ4v) is 5.33. The number of aryl methyl sites for hydroxylation is 1. The minimum Gasteiger partial charge on any atom is -0.355 e. The molecule has 0 amide bonds. The van der Waals surface area contributed by atoms with Crippen LogP contribution in [-0.4, -0.2) is 59.4 Å². The topological polar surface area (TPSA) is 96.8 Å². The van der Waals surface area contributed by atoms with E-state index in [1.54, 1.807) is 0 Å². The Bertz CT molecular complexity index is 1200. The van der Waals surface area contributed by atoms with E-state index in [0.29, 0.717) is 11.0 Å². The molecule has 0 bridgehead atoms. The van der Waals surface area contributed by atoms with Crippen LogP contribution in [0, 0.1) is 23.7 Å². The first-order valence-electron chi connectivity index (χ1n) is 11.1. The molecule has 3 aliphatic heterocycles. The smallest absolute Gasteiger partial charge is 0.227 e. The molecule has 0 aliphatic carbocycles. The number of hydrogen-bond donors (Lipinski definition) is 2. The summed E-state index contributed by atoms with van der Waals surface area (Å²) in [6, 6.07) is 6.57. The van der Waals surface area contributed by atoms with E-state index < -0.39 is 0 Å². The highest BCUT2D eigenvalue weighted by Crippen LogP contribution is 2.41. The van der Waals surface area contributed by atoms with Crippen molar-refractivity contribution in [2.75, 3.05) is 49.1 Å². The van der Waals surface area contributed by atoms with E-state index in [9.17, 15) is 5.26 Å². The molecule has 1 aromatic carbocycles. The van der Waals surface area contributed by atoms with Gasteiger partial charge in [0.25, 0.3) is 0 Å². The molecule has 1 spiro atoms. The Morgan fingerprint density at radius 3 is 2.65 bits per heavy atom. The molecule has 0 unspecified atom stereocenters. The summed E-state index contributed by atoms with van der Waals surface area (Å²) < 4.78 is 0. The third kappa shape index (κ3) is 2.87. The average Bonchev–Trinajstić information content (AvgIpc) is 3.52. The van der Waals surface area contributed by atoms with E-state index >= 15 is 0 Å². The van der Waals surface area contributed by atoms with Gasteiger partial charge in [0.15, 0.2) is 5.82 Å². The fraction of sp³-hybridized carbons (Fsp3) is 0.478. The van der Waals surface area contributed by atoms with Gasteiger partial charge < -0.3 is 15.1 Å². The van der Waals surface area contributed by atoms with Crippen LogP contribution in [-0.2, 0) is 0 Å². The number of H-pyrrole nitrogens is 1. The number of anilines is 2. The van der Waals surface area contributed by atoms with Gasteiger partial charge in [-0.25, -0.2) is 4.98 Å². The van der Waals surface area contributed by atoms with Gasteiger partial charge >= 0.3 is 0 Å². The minimum atomic E-state index is 0.326. The molecule has 3 saturated heterocycles. The molecule has 0 radical (unpaired) electrons. The van der Waals surface area contributed by atoms with Crippen molar-refractivity contribution in [3.8, 4) is 17.3 Å². The molecule has 8 heteroatoms. The van der Waals surface area contributed by atoms with Crippen molar-refractivity contribution >= 4 is 22.7 Å². The quantitative estimate of drug-likeness (QED) is 0.680. The number of nitriles is 1. The summed E-state index contributed by atoms with van der Waals surface area (Å²) in [5.41, 5.74) is 4.64. The summed E-state index contributed by atoms with van der Waals surface area (Å²) in [7, 11) is 0. The number of nitrogens with one attached hydrogen (secondary N) is 2. The molecule has 0 saturated carbocycles. The van der Waals surface area contributed by atoms with Crippen LogP contribution < -0.4 is 15.1 Å². The number of aromatic amines is 1. The third-order valence-electron chi connectivity index (χ3n) is 7.19. The lowest BCUT2D eigenvalue weighted by atomic mass is 9.81. The molecular weight excluding hydrogens is 388 g/mol. The fourth-order valence-electron chi connectivity index (χ4n) is 5.33. The number of rotatable bonds is 3. The highest BCUT2D eigenvalue weighted by atomic mass is 15.3.